The second kappa shape index (κ2) is 4.05. The average molecular weight is 186 g/mol. The molecule has 0 aromatic heterocycles. The van der Waals surface area contributed by atoms with E-state index < -0.39 is 0 Å². The molecule has 0 spiro atoms. The van der Waals surface area contributed by atoms with Gasteiger partial charge in [0.05, 0.1) is 0 Å². The quantitative estimate of drug-likeness (QED) is 0.674. The molecule has 0 unspecified atom stereocenters. The molecule has 0 heterocycles. The molecule has 0 nitrogen and oxygen atoms in total. The van der Waals surface area contributed by atoms with Crippen LogP contribution in [-0.4, -0.2) is 0 Å². The van der Waals surface area contributed by atoms with Crippen molar-refractivity contribution in [1.29, 1.82) is 0 Å². The molecule has 0 N–H and O–H groups in total. The van der Waals surface area contributed by atoms with Gasteiger partial charge in [0.25, 0.3) is 0 Å². The van der Waals surface area contributed by atoms with E-state index in [9.17, 15) is 4.39 Å². The topological polar surface area (TPSA) is 0 Å². The Bertz CT molecular complexity index is 407. The molecular formula is C13H11F. The summed E-state index contributed by atoms with van der Waals surface area (Å²) in [6, 6.07) is 16.8. The van der Waals surface area contributed by atoms with Crippen LogP contribution < -0.4 is 0 Å². The molecular weight excluding hydrogens is 175 g/mol. The zero-order valence-electron chi connectivity index (χ0n) is 7.78. The van der Waals surface area contributed by atoms with Crippen molar-refractivity contribution >= 4 is 0 Å². The number of halogens is 1. The summed E-state index contributed by atoms with van der Waals surface area (Å²) in [5.74, 6) is -0.128. The third kappa shape index (κ3) is 1.99. The molecule has 2 rings (SSSR count). The minimum atomic E-state index is -0.128. The van der Waals surface area contributed by atoms with E-state index in [-0.39, 0.29) is 5.82 Å². The highest BCUT2D eigenvalue weighted by Crippen LogP contribution is 2.12. The number of hydrogen-bond donors (Lipinski definition) is 0. The lowest BCUT2D eigenvalue weighted by molar-refractivity contribution is 0.614. The Hall–Kier alpha value is -1.63. The van der Waals surface area contributed by atoms with Crippen molar-refractivity contribution in [2.45, 2.75) is 6.42 Å². The first-order chi connectivity index (χ1) is 6.86. The molecule has 70 valence electrons. The normalized spacial score (nSPS) is 10.1. The second-order valence-corrected chi connectivity index (χ2v) is 3.25. The predicted molar refractivity (Wildman–Crippen MR) is 55.6 cm³/mol. The van der Waals surface area contributed by atoms with Crippen molar-refractivity contribution < 1.29 is 4.39 Å². The van der Waals surface area contributed by atoms with Gasteiger partial charge in [0.15, 0.2) is 0 Å². The van der Waals surface area contributed by atoms with Crippen molar-refractivity contribution in [3.05, 3.63) is 71.5 Å². The van der Waals surface area contributed by atoms with Gasteiger partial charge in [0.2, 0.25) is 0 Å². The maximum atomic E-state index is 13.3. The van der Waals surface area contributed by atoms with E-state index in [1.807, 2.05) is 42.5 Å². The third-order valence-corrected chi connectivity index (χ3v) is 2.20. The summed E-state index contributed by atoms with van der Waals surface area (Å²) in [6.07, 6.45) is 0.660. The van der Waals surface area contributed by atoms with Crippen molar-refractivity contribution in [2.75, 3.05) is 0 Å². The van der Waals surface area contributed by atoms with Crippen LogP contribution in [0.15, 0.2) is 54.6 Å². The summed E-state index contributed by atoms with van der Waals surface area (Å²) in [4.78, 5) is 0. The molecule has 0 radical (unpaired) electrons. The molecule has 0 aliphatic carbocycles. The zero-order chi connectivity index (χ0) is 9.80. The zero-order valence-corrected chi connectivity index (χ0v) is 7.78. The summed E-state index contributed by atoms with van der Waals surface area (Å²) in [7, 11) is 0. The molecule has 0 aliphatic heterocycles. The molecule has 0 fully saturated rings. The summed E-state index contributed by atoms with van der Waals surface area (Å²) in [5.41, 5.74) is 1.89. The molecule has 1 heteroatoms. The highest BCUT2D eigenvalue weighted by atomic mass is 19.1. The van der Waals surface area contributed by atoms with Crippen LogP contribution >= 0.6 is 0 Å². The Kier molecular flexibility index (Phi) is 2.59. The molecule has 0 atom stereocenters. The van der Waals surface area contributed by atoms with E-state index in [4.69, 9.17) is 0 Å². The standard InChI is InChI=1S/C13H11F/c14-13-9-5-4-8-12(13)10-11-6-2-1-3-7-11/h1-9H,10H2. The lowest BCUT2D eigenvalue weighted by Crippen LogP contribution is -1.91. The number of hydrogen-bond acceptors (Lipinski definition) is 0. The van der Waals surface area contributed by atoms with E-state index in [1.54, 1.807) is 6.07 Å². The highest BCUT2D eigenvalue weighted by Gasteiger charge is 2.00. The van der Waals surface area contributed by atoms with E-state index in [0.717, 1.165) is 11.1 Å². The van der Waals surface area contributed by atoms with Gasteiger partial charge in [-0.3, -0.25) is 0 Å². The maximum Gasteiger partial charge on any atom is 0.126 e. The van der Waals surface area contributed by atoms with Crippen LogP contribution in [-0.2, 0) is 6.42 Å². The van der Waals surface area contributed by atoms with Crippen LogP contribution in [0, 0.1) is 5.82 Å². The summed E-state index contributed by atoms with van der Waals surface area (Å²) in [6.45, 7) is 0. The lowest BCUT2D eigenvalue weighted by Gasteiger charge is -2.02. The van der Waals surface area contributed by atoms with Gasteiger partial charge in [-0.1, -0.05) is 48.5 Å². The number of rotatable bonds is 2. The second-order valence-electron chi connectivity index (χ2n) is 3.25. The van der Waals surface area contributed by atoms with E-state index >= 15 is 0 Å². The Morgan fingerprint density at radius 3 is 2.14 bits per heavy atom. The monoisotopic (exact) mass is 186 g/mol. The van der Waals surface area contributed by atoms with Crippen molar-refractivity contribution in [3.63, 3.8) is 0 Å². The Morgan fingerprint density at radius 2 is 1.43 bits per heavy atom. The van der Waals surface area contributed by atoms with Crippen LogP contribution in [0.1, 0.15) is 11.1 Å². The molecule has 2 aromatic carbocycles. The minimum Gasteiger partial charge on any atom is -0.207 e. The molecule has 0 amide bonds. The molecule has 0 aliphatic rings. The van der Waals surface area contributed by atoms with Crippen LogP contribution in [0.4, 0.5) is 4.39 Å². The van der Waals surface area contributed by atoms with Gasteiger partial charge in [0, 0.05) is 6.42 Å². The van der Waals surface area contributed by atoms with Gasteiger partial charge in [0.1, 0.15) is 5.82 Å². The maximum absolute atomic E-state index is 13.3. The molecule has 0 saturated heterocycles. The highest BCUT2D eigenvalue weighted by molar-refractivity contribution is 5.26. The van der Waals surface area contributed by atoms with Crippen molar-refractivity contribution in [3.8, 4) is 0 Å². The smallest absolute Gasteiger partial charge is 0.126 e. The van der Waals surface area contributed by atoms with Crippen LogP contribution in [0.25, 0.3) is 0 Å². The van der Waals surface area contributed by atoms with Gasteiger partial charge in [-0.2, -0.15) is 0 Å². The van der Waals surface area contributed by atoms with E-state index in [1.165, 1.54) is 6.07 Å². The fourth-order valence-corrected chi connectivity index (χ4v) is 1.46. The summed E-state index contributed by atoms with van der Waals surface area (Å²) >= 11 is 0. The average Bonchev–Trinajstić information content (AvgIpc) is 2.23. The first-order valence-corrected chi connectivity index (χ1v) is 4.63. The van der Waals surface area contributed by atoms with Crippen LogP contribution in [0.5, 0.6) is 0 Å². The number of benzene rings is 2. The van der Waals surface area contributed by atoms with E-state index in [2.05, 4.69) is 0 Å². The van der Waals surface area contributed by atoms with Crippen LogP contribution in [0.3, 0.4) is 0 Å². The molecule has 0 bridgehead atoms. The summed E-state index contributed by atoms with van der Waals surface area (Å²) in [5, 5.41) is 0. The summed E-state index contributed by atoms with van der Waals surface area (Å²) < 4.78 is 13.3. The fraction of sp³-hybridized carbons (Fsp3) is 0.0769. The Balaban J connectivity index is 2.24. The Morgan fingerprint density at radius 1 is 0.786 bits per heavy atom. The molecule has 0 saturated carbocycles. The van der Waals surface area contributed by atoms with Crippen LogP contribution in [0.2, 0.25) is 0 Å². The van der Waals surface area contributed by atoms with Crippen molar-refractivity contribution in [1.82, 2.24) is 0 Å². The van der Waals surface area contributed by atoms with Gasteiger partial charge < -0.3 is 0 Å². The van der Waals surface area contributed by atoms with Gasteiger partial charge >= 0.3 is 0 Å². The fourth-order valence-electron chi connectivity index (χ4n) is 1.46. The first kappa shape index (κ1) is 8.95. The SMILES string of the molecule is Fc1ccccc1Cc1ccccc1. The van der Waals surface area contributed by atoms with Gasteiger partial charge in [-0.15, -0.1) is 0 Å². The molecule has 2 aromatic rings. The minimum absolute atomic E-state index is 0.128. The first-order valence-electron chi connectivity index (χ1n) is 4.63. The Labute approximate surface area is 83.0 Å². The largest absolute Gasteiger partial charge is 0.207 e. The van der Waals surface area contributed by atoms with E-state index in [0.29, 0.717) is 6.42 Å². The molecule has 14 heavy (non-hydrogen) atoms. The lowest BCUT2D eigenvalue weighted by atomic mass is 10.0. The third-order valence-electron chi connectivity index (χ3n) is 2.20. The van der Waals surface area contributed by atoms with Gasteiger partial charge in [-0.05, 0) is 17.2 Å². The van der Waals surface area contributed by atoms with Gasteiger partial charge in [-0.25, -0.2) is 4.39 Å². The van der Waals surface area contributed by atoms with Crippen molar-refractivity contribution in [2.24, 2.45) is 0 Å². The predicted octanol–water partition coefficient (Wildman–Crippen LogP) is 3.42.